The molecule has 0 saturated heterocycles. The van der Waals surface area contributed by atoms with Gasteiger partial charge in [0.05, 0.1) is 0 Å². The Morgan fingerprint density at radius 2 is 2.71 bits per heavy atom. The lowest BCUT2D eigenvalue weighted by Crippen LogP contribution is -2.30. The van der Waals surface area contributed by atoms with E-state index in [2.05, 4.69) is 9.90 Å². The summed E-state index contributed by atoms with van der Waals surface area (Å²) in [7, 11) is 0. The van der Waals surface area contributed by atoms with E-state index < -0.39 is 6.03 Å². The van der Waals surface area contributed by atoms with E-state index in [9.17, 15) is 4.79 Å². The number of carbonyl (C=O) groups excluding carboxylic acids is 1. The molecule has 0 spiro atoms. The maximum atomic E-state index is 10.1. The van der Waals surface area contributed by atoms with E-state index in [-0.39, 0.29) is 0 Å². The van der Waals surface area contributed by atoms with Crippen molar-refractivity contribution >= 4 is 12.4 Å². The molecule has 0 bridgehead atoms. The lowest BCUT2D eigenvalue weighted by molar-refractivity contribution is -0.0648. The average molecular weight is 99.1 g/mol. The minimum Gasteiger partial charge on any atom is -0.211 e. The van der Waals surface area contributed by atoms with Gasteiger partial charge < -0.3 is 0 Å². The first-order valence-corrected chi connectivity index (χ1v) is 1.63. The fourth-order valence-electron chi connectivity index (χ4n) is 0.232. The third-order valence-electron chi connectivity index (χ3n) is 0.540. The molecule has 0 aromatic heterocycles. The first kappa shape index (κ1) is 3.98. The van der Waals surface area contributed by atoms with Crippen LogP contribution in [0, 0.1) is 0 Å². The minimum absolute atomic E-state index is 0.528. The van der Waals surface area contributed by atoms with Gasteiger partial charge in [0.2, 0.25) is 0 Å². The summed E-state index contributed by atoms with van der Waals surface area (Å²) in [5.41, 5.74) is 0. The highest BCUT2D eigenvalue weighted by Gasteiger charge is 2.20. The van der Waals surface area contributed by atoms with Gasteiger partial charge in [0.1, 0.15) is 5.11 Å². The maximum Gasteiger partial charge on any atom is 0.503 e. The van der Waals surface area contributed by atoms with E-state index in [1.54, 1.807) is 0 Å². The van der Waals surface area contributed by atoms with Crippen LogP contribution in [-0.2, 0) is 0 Å². The predicted octanol–water partition coefficient (Wildman–Crippen LogP) is -1.02. The van der Waals surface area contributed by atoms with E-state index in [1.807, 2.05) is 0 Å². The monoisotopic (exact) mass is 99.0 g/mol. The molecular formula is C2H3N4O+. The average Bonchev–Trinajstić information content (AvgIpc) is 1.91. The molecule has 0 saturated carbocycles. The summed E-state index contributed by atoms with van der Waals surface area (Å²) in [5, 5.41) is 3.85. The van der Waals surface area contributed by atoms with Gasteiger partial charge in [-0.15, -0.1) is 0 Å². The quantitative estimate of drug-likeness (QED) is 0.240. The zero-order valence-electron chi connectivity index (χ0n) is 3.40. The highest BCUT2D eigenvalue weighted by atomic mass is 16.2. The van der Waals surface area contributed by atoms with Gasteiger partial charge in [-0.2, -0.15) is 5.84 Å². The van der Waals surface area contributed by atoms with Crippen LogP contribution in [0.1, 0.15) is 0 Å². The van der Waals surface area contributed by atoms with E-state index >= 15 is 0 Å². The molecular weight excluding hydrogens is 96.0 g/mol. The second kappa shape index (κ2) is 1.14. The van der Waals surface area contributed by atoms with Crippen molar-refractivity contribution < 1.29 is 9.58 Å². The SMILES string of the molecule is NN1C=[N+]=NC1=O. The Hall–Kier alpha value is -1.19. The van der Waals surface area contributed by atoms with Gasteiger partial charge in [0.15, 0.2) is 0 Å². The molecule has 2 N–H and O–H groups in total. The Labute approximate surface area is 39.1 Å². The van der Waals surface area contributed by atoms with Crippen molar-refractivity contribution in [2.45, 2.75) is 0 Å². The smallest absolute Gasteiger partial charge is 0.211 e. The molecule has 0 aliphatic carbocycles. The summed E-state index contributed by atoms with van der Waals surface area (Å²) in [6, 6.07) is -0.528. The molecule has 5 heteroatoms. The number of rotatable bonds is 0. The van der Waals surface area contributed by atoms with E-state index in [4.69, 9.17) is 5.84 Å². The van der Waals surface area contributed by atoms with Crippen molar-refractivity contribution in [3.8, 4) is 0 Å². The fourth-order valence-corrected chi connectivity index (χ4v) is 0.232. The summed E-state index contributed by atoms with van der Waals surface area (Å²) in [6.07, 6.45) is 1.14. The molecule has 0 aromatic carbocycles. The Morgan fingerprint density at radius 1 is 2.00 bits per heavy atom. The molecule has 36 valence electrons. The molecule has 0 unspecified atom stereocenters. The lowest BCUT2D eigenvalue weighted by Gasteiger charge is -1.81. The highest BCUT2D eigenvalue weighted by Crippen LogP contribution is 1.81. The first-order valence-electron chi connectivity index (χ1n) is 1.63. The zero-order chi connectivity index (χ0) is 5.28. The number of hydrogen-bond donors (Lipinski definition) is 1. The van der Waals surface area contributed by atoms with Crippen LogP contribution in [0.5, 0.6) is 0 Å². The molecule has 1 heterocycles. The van der Waals surface area contributed by atoms with Crippen molar-refractivity contribution in [3.63, 3.8) is 0 Å². The molecule has 1 aliphatic rings. The molecule has 7 heavy (non-hydrogen) atoms. The largest absolute Gasteiger partial charge is 0.503 e. The topological polar surface area (TPSA) is 72.8 Å². The van der Waals surface area contributed by atoms with Crippen LogP contribution < -0.4 is 5.84 Å². The molecule has 0 atom stereocenters. The van der Waals surface area contributed by atoms with Gasteiger partial charge in [-0.05, 0) is 0 Å². The van der Waals surface area contributed by atoms with Crippen LogP contribution >= 0.6 is 0 Å². The third-order valence-corrected chi connectivity index (χ3v) is 0.540. The number of nitrogens with zero attached hydrogens (tertiary/aromatic N) is 3. The summed E-state index contributed by atoms with van der Waals surface area (Å²) in [4.78, 5) is 13.3. The number of urea groups is 1. The second-order valence-electron chi connectivity index (χ2n) is 1.02. The molecule has 5 nitrogen and oxygen atoms in total. The third kappa shape index (κ3) is 0.489. The Balaban J connectivity index is 2.79. The van der Waals surface area contributed by atoms with Gasteiger partial charge in [-0.25, -0.2) is 4.79 Å². The second-order valence-corrected chi connectivity index (χ2v) is 1.02. The van der Waals surface area contributed by atoms with Crippen LogP contribution in [0.4, 0.5) is 4.79 Å². The van der Waals surface area contributed by atoms with Crippen molar-refractivity contribution in [1.82, 2.24) is 5.01 Å². The van der Waals surface area contributed by atoms with Crippen molar-refractivity contribution in [2.24, 2.45) is 11.0 Å². The first-order chi connectivity index (χ1) is 3.30. The van der Waals surface area contributed by atoms with Crippen molar-refractivity contribution in [1.29, 1.82) is 0 Å². The normalized spacial score (nSPS) is 16.7. The number of carbonyl (C=O) groups is 1. The summed E-state index contributed by atoms with van der Waals surface area (Å²) < 4.78 is 0. The zero-order valence-corrected chi connectivity index (χ0v) is 3.40. The molecule has 0 fully saturated rings. The summed E-state index contributed by atoms with van der Waals surface area (Å²) in [6.45, 7) is 0. The number of nitrogens with two attached hydrogens (primary N) is 1. The van der Waals surface area contributed by atoms with Gasteiger partial charge in [0.25, 0.3) is 0 Å². The number of hydrazine groups is 1. The minimum atomic E-state index is -0.528. The standard InChI is InChI=1S/C2H2N4O/c3-6-1-4-5-2(6)7/h1H,(H-,3,5,7)/p+1. The van der Waals surface area contributed by atoms with Crippen LogP contribution in [0.25, 0.3) is 0 Å². The fraction of sp³-hybridized carbons (Fsp3) is 0. The molecule has 1 aliphatic heterocycles. The van der Waals surface area contributed by atoms with Crippen LogP contribution in [-0.4, -0.2) is 22.2 Å². The van der Waals surface area contributed by atoms with Crippen molar-refractivity contribution in [3.05, 3.63) is 0 Å². The van der Waals surface area contributed by atoms with E-state index in [0.29, 0.717) is 0 Å². The van der Waals surface area contributed by atoms with Gasteiger partial charge in [-0.1, -0.05) is 9.80 Å². The Bertz CT molecular complexity index is 155. The number of hydrogen-bond acceptors (Lipinski definition) is 2. The van der Waals surface area contributed by atoms with Crippen LogP contribution in [0.15, 0.2) is 5.11 Å². The molecule has 1 rings (SSSR count). The predicted molar refractivity (Wildman–Crippen MR) is 20.2 cm³/mol. The Kier molecular flexibility index (Phi) is 0.651. The lowest BCUT2D eigenvalue weighted by atomic mass is 11.0. The van der Waals surface area contributed by atoms with Crippen LogP contribution in [0.2, 0.25) is 0 Å². The van der Waals surface area contributed by atoms with E-state index in [1.165, 1.54) is 0 Å². The van der Waals surface area contributed by atoms with Gasteiger partial charge in [0, 0.05) is 0 Å². The summed E-state index contributed by atoms with van der Waals surface area (Å²) in [5.74, 6) is 4.92. The molecule has 0 radical (unpaired) electrons. The Morgan fingerprint density at radius 3 is 2.86 bits per heavy atom. The maximum absolute atomic E-state index is 10.1. The van der Waals surface area contributed by atoms with Gasteiger partial charge >= 0.3 is 12.4 Å². The number of amides is 2. The van der Waals surface area contributed by atoms with Crippen molar-refractivity contribution in [2.75, 3.05) is 0 Å². The van der Waals surface area contributed by atoms with Gasteiger partial charge in [-0.3, -0.25) is 0 Å². The molecule has 2 amide bonds. The highest BCUT2D eigenvalue weighted by molar-refractivity contribution is 5.85. The molecule has 0 aromatic rings. The van der Waals surface area contributed by atoms with Crippen LogP contribution in [0.3, 0.4) is 0 Å². The summed E-state index contributed by atoms with van der Waals surface area (Å²) >= 11 is 0. The van der Waals surface area contributed by atoms with E-state index in [0.717, 1.165) is 11.3 Å².